The number of ether oxygens (including phenoxy) is 2. The predicted molar refractivity (Wildman–Crippen MR) is 77.1 cm³/mol. The number of methoxy groups -OCH3 is 2. The molecule has 0 aliphatic rings. The highest BCUT2D eigenvalue weighted by molar-refractivity contribution is 5.34. The molecule has 0 saturated heterocycles. The van der Waals surface area contributed by atoms with Crippen LogP contribution in [0.15, 0.2) is 30.5 Å². The van der Waals surface area contributed by atoms with Crippen molar-refractivity contribution in [1.29, 1.82) is 0 Å². The van der Waals surface area contributed by atoms with Crippen LogP contribution in [0.4, 0.5) is 4.39 Å². The summed E-state index contributed by atoms with van der Waals surface area (Å²) < 4.78 is 23.8. The van der Waals surface area contributed by atoms with Crippen molar-refractivity contribution < 1.29 is 13.9 Å². The molecular formula is C15H18FN3O2. The van der Waals surface area contributed by atoms with Gasteiger partial charge in [-0.25, -0.2) is 9.37 Å². The molecule has 1 unspecified atom stereocenters. The molecule has 1 heterocycles. The van der Waals surface area contributed by atoms with Crippen LogP contribution in [-0.4, -0.2) is 30.7 Å². The van der Waals surface area contributed by atoms with Crippen LogP contribution in [0.2, 0.25) is 0 Å². The van der Waals surface area contributed by atoms with Crippen LogP contribution in [0.5, 0.6) is 11.8 Å². The molecule has 0 radical (unpaired) electrons. The summed E-state index contributed by atoms with van der Waals surface area (Å²) in [5, 5.41) is 3.26. The van der Waals surface area contributed by atoms with E-state index in [1.807, 2.05) is 13.0 Å². The lowest BCUT2D eigenvalue weighted by Crippen LogP contribution is -2.24. The second kappa shape index (κ2) is 6.99. The van der Waals surface area contributed by atoms with Crippen LogP contribution in [0.1, 0.15) is 24.2 Å². The van der Waals surface area contributed by atoms with E-state index in [1.54, 1.807) is 6.07 Å². The van der Waals surface area contributed by atoms with Crippen molar-refractivity contribution in [2.45, 2.75) is 13.0 Å². The van der Waals surface area contributed by atoms with Gasteiger partial charge in [0, 0.05) is 0 Å². The van der Waals surface area contributed by atoms with E-state index in [0.717, 1.165) is 5.56 Å². The molecule has 21 heavy (non-hydrogen) atoms. The molecule has 0 amide bonds. The topological polar surface area (TPSA) is 56.3 Å². The van der Waals surface area contributed by atoms with Crippen molar-refractivity contribution in [3.05, 3.63) is 47.5 Å². The van der Waals surface area contributed by atoms with E-state index in [1.165, 1.54) is 32.5 Å². The van der Waals surface area contributed by atoms with Crippen LogP contribution < -0.4 is 14.8 Å². The quantitative estimate of drug-likeness (QED) is 0.885. The largest absolute Gasteiger partial charge is 0.480 e. The van der Waals surface area contributed by atoms with Gasteiger partial charge in [-0.3, -0.25) is 0 Å². The van der Waals surface area contributed by atoms with Gasteiger partial charge in [-0.15, -0.1) is 0 Å². The zero-order valence-electron chi connectivity index (χ0n) is 12.3. The maximum atomic E-state index is 13.5. The maximum absolute atomic E-state index is 13.5. The van der Waals surface area contributed by atoms with Crippen molar-refractivity contribution in [3.63, 3.8) is 0 Å². The van der Waals surface area contributed by atoms with Gasteiger partial charge in [-0.1, -0.05) is 19.1 Å². The van der Waals surface area contributed by atoms with E-state index < -0.39 is 0 Å². The molecule has 0 spiro atoms. The maximum Gasteiger partial charge on any atom is 0.240 e. The number of benzene rings is 1. The number of aromatic nitrogens is 2. The van der Waals surface area contributed by atoms with Gasteiger partial charge in [-0.05, 0) is 24.2 Å². The third-order valence-electron chi connectivity index (χ3n) is 3.01. The smallest absolute Gasteiger partial charge is 0.240 e. The minimum atomic E-state index is -0.306. The summed E-state index contributed by atoms with van der Waals surface area (Å²) in [6.45, 7) is 2.66. The Bertz CT molecular complexity index is 607. The summed E-state index contributed by atoms with van der Waals surface area (Å²) in [6.07, 6.45) is 1.52. The first-order chi connectivity index (χ1) is 10.2. The molecule has 1 aromatic carbocycles. The number of rotatable bonds is 6. The third kappa shape index (κ3) is 3.46. The Morgan fingerprint density at radius 3 is 2.71 bits per heavy atom. The molecule has 6 heteroatoms. The number of nitrogens with one attached hydrogen (secondary N) is 1. The molecule has 112 valence electrons. The van der Waals surface area contributed by atoms with Crippen LogP contribution in [-0.2, 0) is 0 Å². The van der Waals surface area contributed by atoms with E-state index >= 15 is 0 Å². The van der Waals surface area contributed by atoms with Gasteiger partial charge in [0.15, 0.2) is 0 Å². The molecule has 0 saturated carbocycles. The average molecular weight is 291 g/mol. The van der Waals surface area contributed by atoms with Crippen LogP contribution in [0, 0.1) is 5.82 Å². The van der Waals surface area contributed by atoms with Gasteiger partial charge in [0.05, 0.1) is 26.5 Å². The van der Waals surface area contributed by atoms with Gasteiger partial charge in [-0.2, -0.15) is 4.98 Å². The normalized spacial score (nSPS) is 12.0. The molecule has 1 N–H and O–H groups in total. The molecular weight excluding hydrogens is 273 g/mol. The van der Waals surface area contributed by atoms with E-state index in [4.69, 9.17) is 9.47 Å². The Morgan fingerprint density at radius 1 is 1.29 bits per heavy atom. The molecule has 2 aromatic rings. The fraction of sp³-hybridized carbons (Fsp3) is 0.333. The Labute approximate surface area is 123 Å². The highest BCUT2D eigenvalue weighted by Gasteiger charge is 2.21. The van der Waals surface area contributed by atoms with Gasteiger partial charge < -0.3 is 14.8 Å². The minimum absolute atomic E-state index is 0.296. The SMILES string of the molecule is CCNC(c1cccc(F)c1)c1ncc(OC)nc1OC. The Balaban J connectivity index is 2.47. The molecule has 0 bridgehead atoms. The fourth-order valence-electron chi connectivity index (χ4n) is 2.08. The van der Waals surface area contributed by atoms with Crippen molar-refractivity contribution in [1.82, 2.24) is 15.3 Å². The first-order valence-electron chi connectivity index (χ1n) is 6.63. The standard InChI is InChI=1S/C15H18FN3O2/c1-4-17-13(10-6-5-7-11(16)8-10)14-15(21-3)19-12(20-2)9-18-14/h5-9,13,17H,4H2,1-3H3. The highest BCUT2D eigenvalue weighted by atomic mass is 19.1. The summed E-state index contributed by atoms with van der Waals surface area (Å²) >= 11 is 0. The van der Waals surface area contributed by atoms with Crippen molar-refractivity contribution >= 4 is 0 Å². The molecule has 2 rings (SSSR count). The molecule has 1 atom stereocenters. The van der Waals surface area contributed by atoms with E-state index in [9.17, 15) is 4.39 Å². The molecule has 1 aromatic heterocycles. The van der Waals surface area contributed by atoms with Crippen LogP contribution in [0.3, 0.4) is 0 Å². The Kier molecular flexibility index (Phi) is 5.05. The molecule has 0 fully saturated rings. The van der Waals surface area contributed by atoms with Crippen LogP contribution >= 0.6 is 0 Å². The average Bonchev–Trinajstić information content (AvgIpc) is 2.52. The van der Waals surface area contributed by atoms with Crippen LogP contribution in [0.25, 0.3) is 0 Å². The van der Waals surface area contributed by atoms with Gasteiger partial charge in [0.1, 0.15) is 11.5 Å². The number of hydrogen-bond donors (Lipinski definition) is 1. The summed E-state index contributed by atoms with van der Waals surface area (Å²) in [6, 6.07) is 6.07. The molecule has 0 aliphatic heterocycles. The summed E-state index contributed by atoms with van der Waals surface area (Å²) in [5.74, 6) is 0.422. The zero-order valence-corrected chi connectivity index (χ0v) is 12.3. The van der Waals surface area contributed by atoms with Crippen molar-refractivity contribution in [2.75, 3.05) is 20.8 Å². The number of halogens is 1. The lowest BCUT2D eigenvalue weighted by molar-refractivity contribution is 0.352. The third-order valence-corrected chi connectivity index (χ3v) is 3.01. The second-order valence-corrected chi connectivity index (χ2v) is 4.35. The summed E-state index contributed by atoms with van der Waals surface area (Å²) in [7, 11) is 3.03. The van der Waals surface area contributed by atoms with Gasteiger partial charge >= 0.3 is 0 Å². The summed E-state index contributed by atoms with van der Waals surface area (Å²) in [4.78, 5) is 8.57. The van der Waals surface area contributed by atoms with Gasteiger partial charge in [0.25, 0.3) is 0 Å². The predicted octanol–water partition coefficient (Wildman–Crippen LogP) is 2.33. The monoisotopic (exact) mass is 291 g/mol. The van der Waals surface area contributed by atoms with E-state index in [2.05, 4.69) is 15.3 Å². The second-order valence-electron chi connectivity index (χ2n) is 4.35. The van der Waals surface area contributed by atoms with Crippen molar-refractivity contribution in [3.8, 4) is 11.8 Å². The first kappa shape index (κ1) is 15.2. The Hall–Kier alpha value is -2.21. The lowest BCUT2D eigenvalue weighted by atomic mass is 10.0. The summed E-state index contributed by atoms with van der Waals surface area (Å²) in [5.41, 5.74) is 1.35. The molecule has 0 aliphatic carbocycles. The lowest BCUT2D eigenvalue weighted by Gasteiger charge is -2.19. The zero-order chi connectivity index (χ0) is 15.2. The van der Waals surface area contributed by atoms with Crippen molar-refractivity contribution in [2.24, 2.45) is 0 Å². The first-order valence-corrected chi connectivity index (χ1v) is 6.63. The highest BCUT2D eigenvalue weighted by Crippen LogP contribution is 2.28. The Morgan fingerprint density at radius 2 is 2.10 bits per heavy atom. The van der Waals surface area contributed by atoms with Gasteiger partial charge in [0.2, 0.25) is 11.8 Å². The minimum Gasteiger partial charge on any atom is -0.480 e. The van der Waals surface area contributed by atoms with E-state index in [-0.39, 0.29) is 11.9 Å². The van der Waals surface area contributed by atoms with E-state index in [0.29, 0.717) is 24.0 Å². The number of hydrogen-bond acceptors (Lipinski definition) is 5. The molecule has 5 nitrogen and oxygen atoms in total. The fourth-order valence-corrected chi connectivity index (χ4v) is 2.08. The number of nitrogens with zero attached hydrogens (tertiary/aromatic N) is 2.